The van der Waals surface area contributed by atoms with Crippen molar-refractivity contribution in [2.45, 2.75) is 13.8 Å². The Labute approximate surface area is 122 Å². The average molecular weight is 269 g/mol. The first-order valence-electron chi connectivity index (χ1n) is 6.41. The lowest BCUT2D eigenvalue weighted by atomic mass is 10.0. The molecule has 0 aromatic carbocycles. The highest BCUT2D eigenvalue weighted by molar-refractivity contribution is 5.71. The first-order chi connectivity index (χ1) is 9.58. The van der Waals surface area contributed by atoms with Gasteiger partial charge in [0.1, 0.15) is 5.76 Å². The normalized spacial score (nSPS) is 13.4. The van der Waals surface area contributed by atoms with Crippen molar-refractivity contribution in [2.75, 3.05) is 0 Å². The molecule has 0 rings (SSSR count). The van der Waals surface area contributed by atoms with E-state index in [0.717, 1.165) is 5.57 Å². The summed E-state index contributed by atoms with van der Waals surface area (Å²) in [5.74, 6) is 1.42. The zero-order valence-corrected chi connectivity index (χ0v) is 12.4. The van der Waals surface area contributed by atoms with E-state index in [4.69, 9.17) is 4.74 Å². The number of hydrogen-bond donors (Lipinski definition) is 0. The quantitative estimate of drug-likeness (QED) is 0.323. The third-order valence-corrected chi connectivity index (χ3v) is 2.33. The number of rotatable bonds is 9. The smallest absolute Gasteiger partial charge is 0.219 e. The van der Waals surface area contributed by atoms with Gasteiger partial charge in [0, 0.05) is 12.3 Å². The van der Waals surface area contributed by atoms with Crippen molar-refractivity contribution in [3.63, 3.8) is 0 Å². The fourth-order valence-corrected chi connectivity index (χ4v) is 1.27. The molecule has 0 radical (unpaired) electrons. The van der Waals surface area contributed by atoms with E-state index in [1.54, 1.807) is 30.5 Å². The van der Waals surface area contributed by atoms with Crippen molar-refractivity contribution < 1.29 is 4.74 Å². The van der Waals surface area contributed by atoms with Crippen LogP contribution in [0.2, 0.25) is 0 Å². The van der Waals surface area contributed by atoms with Gasteiger partial charge in [-0.3, -0.25) is 0 Å². The summed E-state index contributed by atoms with van der Waals surface area (Å²) in [6, 6.07) is 0. The van der Waals surface area contributed by atoms with E-state index in [9.17, 15) is 0 Å². The molecule has 0 aliphatic carbocycles. The maximum absolute atomic E-state index is 5.63. The summed E-state index contributed by atoms with van der Waals surface area (Å²) in [7, 11) is 0. The highest BCUT2D eigenvalue weighted by Crippen LogP contribution is 2.14. The second kappa shape index (κ2) is 10.6. The van der Waals surface area contributed by atoms with Gasteiger partial charge in [-0.2, -0.15) is 0 Å². The fraction of sp³-hybridized carbons (Fsp3) is 0.167. The number of nitrogens with zero attached hydrogens (tertiary/aromatic N) is 1. The lowest BCUT2D eigenvalue weighted by Gasteiger charge is -2.07. The summed E-state index contributed by atoms with van der Waals surface area (Å²) < 4.78 is 5.63. The van der Waals surface area contributed by atoms with Gasteiger partial charge in [-0.05, 0) is 23.6 Å². The third kappa shape index (κ3) is 7.17. The topological polar surface area (TPSA) is 21.6 Å². The number of aliphatic imine (C=N–C) groups is 1. The maximum Gasteiger partial charge on any atom is 0.219 e. The molecule has 0 aliphatic rings. The predicted molar refractivity (Wildman–Crippen MR) is 89.5 cm³/mol. The van der Waals surface area contributed by atoms with Gasteiger partial charge in [-0.1, -0.05) is 64.5 Å². The van der Waals surface area contributed by atoms with Crippen LogP contribution in [0.4, 0.5) is 0 Å². The van der Waals surface area contributed by atoms with E-state index < -0.39 is 0 Å². The second-order valence-electron chi connectivity index (χ2n) is 4.16. The van der Waals surface area contributed by atoms with Crippen molar-refractivity contribution in [2.24, 2.45) is 10.9 Å². The summed E-state index contributed by atoms with van der Waals surface area (Å²) in [6.45, 7) is 18.9. The van der Waals surface area contributed by atoms with E-state index in [2.05, 4.69) is 45.2 Å². The lowest BCUT2D eigenvalue weighted by molar-refractivity contribution is 0.318. The van der Waals surface area contributed by atoms with Crippen LogP contribution in [0.1, 0.15) is 13.8 Å². The largest absolute Gasteiger partial charge is 0.439 e. The Hall–Kier alpha value is -2.35. The molecule has 0 saturated heterocycles. The van der Waals surface area contributed by atoms with Crippen molar-refractivity contribution in [1.82, 2.24) is 0 Å². The maximum atomic E-state index is 5.63. The van der Waals surface area contributed by atoms with Crippen LogP contribution in [0, 0.1) is 5.92 Å². The van der Waals surface area contributed by atoms with Gasteiger partial charge in [-0.25, -0.2) is 4.99 Å². The SMILES string of the molecule is C=CC=N/C(=C\C=C)O/C(C=C)=C/C=C(\C=C)C(C)C. The Kier molecular flexibility index (Phi) is 9.32. The van der Waals surface area contributed by atoms with Crippen LogP contribution in [0.15, 0.2) is 91.1 Å². The molecular formula is C18H23NO. The second-order valence-corrected chi connectivity index (χ2v) is 4.16. The molecule has 2 nitrogen and oxygen atoms in total. The van der Waals surface area contributed by atoms with Crippen LogP contribution in [0.25, 0.3) is 0 Å². The summed E-state index contributed by atoms with van der Waals surface area (Å²) >= 11 is 0. The molecule has 20 heavy (non-hydrogen) atoms. The first-order valence-corrected chi connectivity index (χ1v) is 6.41. The van der Waals surface area contributed by atoms with Crippen LogP contribution < -0.4 is 0 Å². The Morgan fingerprint density at radius 1 is 0.950 bits per heavy atom. The van der Waals surface area contributed by atoms with Crippen LogP contribution >= 0.6 is 0 Å². The Morgan fingerprint density at radius 2 is 1.65 bits per heavy atom. The molecule has 0 saturated carbocycles. The zero-order chi connectivity index (χ0) is 15.4. The number of hydrogen-bond acceptors (Lipinski definition) is 2. The van der Waals surface area contributed by atoms with Gasteiger partial charge in [0.25, 0.3) is 0 Å². The van der Waals surface area contributed by atoms with Crippen molar-refractivity contribution in [1.29, 1.82) is 0 Å². The monoisotopic (exact) mass is 269 g/mol. The molecule has 0 fully saturated rings. The van der Waals surface area contributed by atoms with Gasteiger partial charge < -0.3 is 4.74 Å². The summed E-state index contributed by atoms with van der Waals surface area (Å²) in [6.07, 6.45) is 13.6. The van der Waals surface area contributed by atoms with Crippen LogP contribution in [-0.2, 0) is 4.74 Å². The molecule has 0 amide bonds. The van der Waals surface area contributed by atoms with E-state index in [0.29, 0.717) is 17.6 Å². The summed E-state index contributed by atoms with van der Waals surface area (Å²) in [5, 5.41) is 0. The van der Waals surface area contributed by atoms with Gasteiger partial charge >= 0.3 is 0 Å². The molecule has 0 spiro atoms. The number of ether oxygens (including phenoxy) is 1. The van der Waals surface area contributed by atoms with Gasteiger partial charge in [-0.15, -0.1) is 0 Å². The highest BCUT2D eigenvalue weighted by Gasteiger charge is 1.99. The minimum absolute atomic E-state index is 0.400. The van der Waals surface area contributed by atoms with Crippen molar-refractivity contribution in [3.8, 4) is 0 Å². The van der Waals surface area contributed by atoms with E-state index in [1.807, 2.05) is 18.2 Å². The molecule has 0 bridgehead atoms. The van der Waals surface area contributed by atoms with Gasteiger partial charge in [0.05, 0.1) is 0 Å². The standard InChI is InChI=1S/C18H23NO/c1-7-11-18(19-14-8-2)20-17(10-4)13-12-16(9-3)15(5)6/h7-15H,1-4H2,5-6H3/b16-12+,17-13+,18-11+,19-14?. The molecule has 0 unspecified atom stereocenters. The fourth-order valence-electron chi connectivity index (χ4n) is 1.27. The molecule has 0 aromatic rings. The molecule has 0 heterocycles. The Balaban J connectivity index is 5.17. The molecule has 0 aliphatic heterocycles. The van der Waals surface area contributed by atoms with Gasteiger partial charge in [0.2, 0.25) is 5.88 Å². The number of allylic oxidation sites excluding steroid dienone is 8. The summed E-state index contributed by atoms with van der Waals surface area (Å²) in [5.41, 5.74) is 1.12. The molecule has 0 aromatic heterocycles. The van der Waals surface area contributed by atoms with E-state index >= 15 is 0 Å². The lowest BCUT2D eigenvalue weighted by Crippen LogP contribution is -1.91. The third-order valence-electron chi connectivity index (χ3n) is 2.33. The van der Waals surface area contributed by atoms with Crippen LogP contribution in [-0.4, -0.2) is 6.21 Å². The first kappa shape index (κ1) is 17.6. The minimum Gasteiger partial charge on any atom is -0.439 e. The van der Waals surface area contributed by atoms with E-state index in [-0.39, 0.29) is 0 Å². The van der Waals surface area contributed by atoms with Crippen LogP contribution in [0.3, 0.4) is 0 Å². The summed E-state index contributed by atoms with van der Waals surface area (Å²) in [4.78, 5) is 4.10. The zero-order valence-electron chi connectivity index (χ0n) is 12.4. The van der Waals surface area contributed by atoms with Crippen LogP contribution in [0.5, 0.6) is 0 Å². The highest BCUT2D eigenvalue weighted by atomic mass is 16.5. The Bertz CT molecular complexity index is 474. The molecule has 2 heteroatoms. The molecule has 0 atom stereocenters. The van der Waals surface area contributed by atoms with Gasteiger partial charge in [0.15, 0.2) is 0 Å². The molecule has 106 valence electrons. The van der Waals surface area contributed by atoms with Crippen molar-refractivity contribution in [3.05, 3.63) is 86.1 Å². The predicted octanol–water partition coefficient (Wildman–Crippen LogP) is 5.13. The van der Waals surface area contributed by atoms with E-state index in [1.165, 1.54) is 0 Å². The average Bonchev–Trinajstić information content (AvgIpc) is 2.43. The minimum atomic E-state index is 0.400. The van der Waals surface area contributed by atoms with Crippen molar-refractivity contribution >= 4 is 6.21 Å². The molecule has 0 N–H and O–H groups in total. The molecular weight excluding hydrogens is 246 g/mol. The Morgan fingerprint density at radius 3 is 2.10 bits per heavy atom.